The molecule has 1 amide bonds. The van der Waals surface area contributed by atoms with Crippen LogP contribution in [0.1, 0.15) is 40.3 Å². The van der Waals surface area contributed by atoms with Crippen LogP contribution in [-0.2, 0) is 22.2 Å². The Morgan fingerprint density at radius 1 is 1.19 bits per heavy atom. The van der Waals surface area contributed by atoms with E-state index in [0.717, 1.165) is 24.8 Å². The number of morpholine rings is 1. The molecule has 13 heteroatoms. The van der Waals surface area contributed by atoms with E-state index in [1.54, 1.807) is 4.90 Å². The monoisotopic (exact) mass is 587 g/mol. The zero-order chi connectivity index (χ0) is 30.5. The quantitative estimate of drug-likeness (QED) is 0.234. The number of benzene rings is 2. The molecule has 1 saturated heterocycles. The van der Waals surface area contributed by atoms with E-state index < -0.39 is 24.0 Å². The first kappa shape index (κ1) is 32.0. The number of halogens is 3. The van der Waals surface area contributed by atoms with Gasteiger partial charge in [0.15, 0.2) is 5.82 Å². The first-order valence-electron chi connectivity index (χ1n) is 13.0. The van der Waals surface area contributed by atoms with Crippen molar-refractivity contribution in [2.24, 2.45) is 0 Å². The Labute approximate surface area is 241 Å². The highest BCUT2D eigenvalue weighted by atomic mass is 19.4. The number of hydrogen-bond donors (Lipinski definition) is 3. The molecule has 1 unspecified atom stereocenters. The SMILES string of the molecule is C/C=C/CN(Cc1ccccc1)C(=O)c1cnc(C2CNCCO2)nc1Nc1ccc(C(F)(F)F)cc1.COC(=O)O. The Bertz CT molecular complexity index is 1330. The van der Waals surface area contributed by atoms with Crippen LogP contribution in [0.15, 0.2) is 72.9 Å². The molecule has 1 aromatic heterocycles. The molecule has 0 aliphatic carbocycles. The Morgan fingerprint density at radius 2 is 1.88 bits per heavy atom. The van der Waals surface area contributed by atoms with E-state index in [1.807, 2.05) is 49.4 Å². The lowest BCUT2D eigenvalue weighted by atomic mass is 10.1. The first-order valence-corrected chi connectivity index (χ1v) is 13.0. The van der Waals surface area contributed by atoms with E-state index in [-0.39, 0.29) is 17.3 Å². The van der Waals surface area contributed by atoms with E-state index >= 15 is 0 Å². The summed E-state index contributed by atoms with van der Waals surface area (Å²) in [4.78, 5) is 33.5. The Balaban J connectivity index is 0.000000892. The van der Waals surface area contributed by atoms with Gasteiger partial charge in [-0.3, -0.25) is 4.79 Å². The number of hydrogen-bond acceptors (Lipinski definition) is 8. The summed E-state index contributed by atoms with van der Waals surface area (Å²) in [6.07, 6.45) is -0.916. The van der Waals surface area contributed by atoms with E-state index in [2.05, 4.69) is 25.3 Å². The number of aromatic nitrogens is 2. The molecule has 1 atom stereocenters. The van der Waals surface area contributed by atoms with Crippen LogP contribution in [-0.4, -0.2) is 65.4 Å². The van der Waals surface area contributed by atoms with Crippen molar-refractivity contribution in [1.29, 1.82) is 0 Å². The highest BCUT2D eigenvalue weighted by Gasteiger charge is 2.30. The molecule has 1 fully saturated rings. The summed E-state index contributed by atoms with van der Waals surface area (Å²) in [5.74, 6) is 0.259. The number of carbonyl (C=O) groups is 2. The molecule has 42 heavy (non-hydrogen) atoms. The third-order valence-electron chi connectivity index (χ3n) is 5.97. The summed E-state index contributed by atoms with van der Waals surface area (Å²) in [5, 5.41) is 13.7. The summed E-state index contributed by atoms with van der Waals surface area (Å²) in [5.41, 5.74) is 0.752. The molecule has 3 N–H and O–H groups in total. The summed E-state index contributed by atoms with van der Waals surface area (Å²) in [6, 6.07) is 14.2. The zero-order valence-electron chi connectivity index (χ0n) is 23.1. The summed E-state index contributed by atoms with van der Waals surface area (Å²) < 4.78 is 48.5. The van der Waals surface area contributed by atoms with Crippen LogP contribution in [0.5, 0.6) is 0 Å². The molecule has 3 aromatic rings. The first-order chi connectivity index (χ1) is 20.1. The minimum Gasteiger partial charge on any atom is -0.450 e. The van der Waals surface area contributed by atoms with E-state index in [0.29, 0.717) is 44.3 Å². The fraction of sp³-hybridized carbons (Fsp3) is 0.310. The highest BCUT2D eigenvalue weighted by molar-refractivity contribution is 5.99. The van der Waals surface area contributed by atoms with Gasteiger partial charge in [0.1, 0.15) is 17.5 Å². The van der Waals surface area contributed by atoms with Crippen molar-refractivity contribution in [1.82, 2.24) is 20.2 Å². The largest absolute Gasteiger partial charge is 0.505 e. The minimum atomic E-state index is -4.45. The van der Waals surface area contributed by atoms with Crippen LogP contribution in [0.25, 0.3) is 0 Å². The number of nitrogens with one attached hydrogen (secondary N) is 2. The Kier molecular flexibility index (Phi) is 11.8. The second-order valence-electron chi connectivity index (χ2n) is 8.96. The van der Waals surface area contributed by atoms with Crippen molar-refractivity contribution < 1.29 is 37.3 Å². The van der Waals surface area contributed by atoms with Crippen molar-refractivity contribution in [3.63, 3.8) is 0 Å². The number of amides is 1. The van der Waals surface area contributed by atoms with Gasteiger partial charge < -0.3 is 30.1 Å². The van der Waals surface area contributed by atoms with Crippen molar-refractivity contribution in [2.45, 2.75) is 25.7 Å². The van der Waals surface area contributed by atoms with Crippen LogP contribution >= 0.6 is 0 Å². The van der Waals surface area contributed by atoms with Gasteiger partial charge in [0, 0.05) is 38.1 Å². The van der Waals surface area contributed by atoms with Crippen molar-refractivity contribution in [2.75, 3.05) is 38.7 Å². The van der Waals surface area contributed by atoms with Crippen molar-refractivity contribution in [3.05, 3.63) is 95.5 Å². The van der Waals surface area contributed by atoms with Crippen molar-refractivity contribution in [3.8, 4) is 0 Å². The highest BCUT2D eigenvalue weighted by Crippen LogP contribution is 2.31. The van der Waals surface area contributed by atoms with Crippen LogP contribution in [0.3, 0.4) is 0 Å². The second kappa shape index (κ2) is 15.5. The molecule has 1 aliphatic rings. The number of nitrogens with zero attached hydrogens (tertiary/aromatic N) is 3. The van der Waals surface area contributed by atoms with E-state index in [4.69, 9.17) is 14.6 Å². The molecule has 1 aliphatic heterocycles. The lowest BCUT2D eigenvalue weighted by Gasteiger charge is -2.25. The normalized spacial score (nSPS) is 14.9. The van der Waals surface area contributed by atoms with Crippen LogP contribution < -0.4 is 10.6 Å². The van der Waals surface area contributed by atoms with Gasteiger partial charge in [0.05, 0.1) is 19.3 Å². The molecule has 0 bridgehead atoms. The number of methoxy groups -OCH3 is 1. The number of carbonyl (C=O) groups excluding carboxylic acids is 1. The average Bonchev–Trinajstić information content (AvgIpc) is 3.00. The van der Waals surface area contributed by atoms with E-state index in [1.165, 1.54) is 18.3 Å². The molecule has 0 radical (unpaired) electrons. The second-order valence-corrected chi connectivity index (χ2v) is 8.96. The lowest BCUT2D eigenvalue weighted by Crippen LogP contribution is -2.35. The van der Waals surface area contributed by atoms with Gasteiger partial charge in [0.25, 0.3) is 5.91 Å². The Morgan fingerprint density at radius 3 is 2.45 bits per heavy atom. The predicted molar refractivity (Wildman–Crippen MR) is 149 cm³/mol. The number of allylic oxidation sites excluding steroid dienone is 1. The van der Waals surface area contributed by atoms with Gasteiger partial charge in [-0.2, -0.15) is 13.2 Å². The predicted octanol–water partition coefficient (Wildman–Crippen LogP) is 5.43. The zero-order valence-corrected chi connectivity index (χ0v) is 23.1. The van der Waals surface area contributed by atoms with E-state index in [9.17, 15) is 18.0 Å². The molecule has 224 valence electrons. The maximum Gasteiger partial charge on any atom is 0.505 e. The van der Waals surface area contributed by atoms with Gasteiger partial charge in [-0.25, -0.2) is 14.8 Å². The molecular formula is C29H32F3N5O5. The van der Waals surface area contributed by atoms with Gasteiger partial charge in [-0.15, -0.1) is 0 Å². The molecule has 10 nitrogen and oxygen atoms in total. The van der Waals surface area contributed by atoms with Gasteiger partial charge >= 0.3 is 12.3 Å². The fourth-order valence-electron chi connectivity index (χ4n) is 3.84. The topological polar surface area (TPSA) is 126 Å². The lowest BCUT2D eigenvalue weighted by molar-refractivity contribution is -0.137. The van der Waals surface area contributed by atoms with Gasteiger partial charge in [-0.05, 0) is 36.8 Å². The number of rotatable bonds is 8. The van der Waals surface area contributed by atoms with Crippen LogP contribution in [0, 0.1) is 0 Å². The summed E-state index contributed by atoms with van der Waals surface area (Å²) in [6.45, 7) is 4.31. The number of anilines is 2. The van der Waals surface area contributed by atoms with Crippen molar-refractivity contribution >= 4 is 23.6 Å². The number of alkyl halides is 3. The summed E-state index contributed by atoms with van der Waals surface area (Å²) >= 11 is 0. The number of ether oxygens (including phenoxy) is 2. The standard InChI is InChI=1S/C27H28F3N5O2.C2H4O3/c1-2-3-14-35(18-19-7-5-4-6-8-19)26(36)22-16-32-25(23-17-31-13-15-37-23)34-24(22)33-21-11-9-20(10-12-21)27(28,29)30;1-5-2(3)4/h2-12,16,23,31H,13-15,17-18H2,1H3,(H,32,33,34);1H3,(H,3,4)/b3-2+;. The molecule has 0 saturated carbocycles. The smallest absolute Gasteiger partial charge is 0.450 e. The number of carboxylic acid groups (broad SMARTS) is 1. The fourth-order valence-corrected chi connectivity index (χ4v) is 3.84. The minimum absolute atomic E-state index is 0.197. The third kappa shape index (κ3) is 9.56. The van der Waals surface area contributed by atoms with Gasteiger partial charge in [-0.1, -0.05) is 42.5 Å². The Hall–Kier alpha value is -4.49. The molecule has 2 aromatic carbocycles. The summed E-state index contributed by atoms with van der Waals surface area (Å²) in [7, 11) is 1.10. The van der Waals surface area contributed by atoms with Crippen LogP contribution in [0.4, 0.5) is 29.5 Å². The maximum absolute atomic E-state index is 13.7. The molecule has 2 heterocycles. The van der Waals surface area contributed by atoms with Gasteiger partial charge in [0.2, 0.25) is 0 Å². The molecular weight excluding hydrogens is 555 g/mol. The average molecular weight is 588 g/mol. The molecule has 4 rings (SSSR count). The molecule has 0 spiro atoms. The maximum atomic E-state index is 13.7. The van der Waals surface area contributed by atoms with Crippen LogP contribution in [0.2, 0.25) is 0 Å². The third-order valence-corrected chi connectivity index (χ3v) is 5.97.